The Labute approximate surface area is 116 Å². The van der Waals surface area contributed by atoms with Gasteiger partial charge in [-0.05, 0) is 18.4 Å². The summed E-state index contributed by atoms with van der Waals surface area (Å²) in [4.78, 5) is 8.05. The van der Waals surface area contributed by atoms with E-state index in [9.17, 15) is 0 Å². The summed E-state index contributed by atoms with van der Waals surface area (Å²) in [6.07, 6.45) is 3.20. The first-order valence-corrected chi connectivity index (χ1v) is 7.39. The first-order valence-electron chi connectivity index (χ1n) is 6.19. The molecule has 1 aliphatic rings. The molecule has 0 saturated carbocycles. The number of anilines is 1. The van der Waals surface area contributed by atoms with E-state index < -0.39 is 0 Å². The lowest BCUT2D eigenvalue weighted by molar-refractivity contribution is 0.659. The number of aromatic nitrogens is 1. The van der Waals surface area contributed by atoms with Gasteiger partial charge < -0.3 is 4.90 Å². The van der Waals surface area contributed by atoms with Gasteiger partial charge in [0.1, 0.15) is 0 Å². The highest BCUT2D eigenvalue weighted by atomic mass is 35.5. The van der Waals surface area contributed by atoms with Crippen molar-refractivity contribution in [3.8, 4) is 10.4 Å². The Morgan fingerprint density at radius 1 is 1.39 bits per heavy atom. The fourth-order valence-electron chi connectivity index (χ4n) is 2.31. The minimum atomic E-state index is 0.776. The standard InChI is InChI=1S/C14H15ClN2S/c1-10-6-7-17(9-10)14-16-8-13(18-14)11-4-2-3-5-12(11)15/h2-5,8,10H,6-7,9H2,1H3. The maximum absolute atomic E-state index is 6.22. The summed E-state index contributed by atoms with van der Waals surface area (Å²) in [6.45, 7) is 4.54. The van der Waals surface area contributed by atoms with Crippen molar-refractivity contribution in [3.63, 3.8) is 0 Å². The molecule has 1 fully saturated rings. The second-order valence-corrected chi connectivity index (χ2v) is 6.24. The second-order valence-electron chi connectivity index (χ2n) is 4.83. The smallest absolute Gasteiger partial charge is 0.185 e. The van der Waals surface area contributed by atoms with Crippen molar-refractivity contribution in [1.82, 2.24) is 4.98 Å². The molecule has 0 N–H and O–H groups in total. The van der Waals surface area contributed by atoms with Gasteiger partial charge in [0, 0.05) is 29.9 Å². The molecule has 1 saturated heterocycles. The first kappa shape index (κ1) is 12.0. The lowest BCUT2D eigenvalue weighted by Crippen LogP contribution is -2.18. The zero-order chi connectivity index (χ0) is 12.5. The van der Waals surface area contributed by atoms with E-state index in [1.807, 2.05) is 30.5 Å². The van der Waals surface area contributed by atoms with Gasteiger partial charge in [-0.2, -0.15) is 0 Å². The van der Waals surface area contributed by atoms with Crippen molar-refractivity contribution in [1.29, 1.82) is 0 Å². The molecule has 18 heavy (non-hydrogen) atoms. The summed E-state index contributed by atoms with van der Waals surface area (Å²) in [5.41, 5.74) is 1.08. The Morgan fingerprint density at radius 2 is 2.22 bits per heavy atom. The molecule has 0 spiro atoms. The lowest BCUT2D eigenvalue weighted by Gasteiger charge is -2.13. The topological polar surface area (TPSA) is 16.1 Å². The summed E-state index contributed by atoms with van der Waals surface area (Å²) in [6, 6.07) is 7.94. The SMILES string of the molecule is CC1CCN(c2ncc(-c3ccccc3Cl)s2)C1. The highest BCUT2D eigenvalue weighted by Gasteiger charge is 2.21. The van der Waals surface area contributed by atoms with Crippen LogP contribution in [-0.4, -0.2) is 18.1 Å². The van der Waals surface area contributed by atoms with Gasteiger partial charge in [0.2, 0.25) is 0 Å². The highest BCUT2D eigenvalue weighted by molar-refractivity contribution is 7.19. The summed E-state index contributed by atoms with van der Waals surface area (Å²) in [5.74, 6) is 0.776. The Balaban J connectivity index is 1.88. The summed E-state index contributed by atoms with van der Waals surface area (Å²) < 4.78 is 0. The molecule has 2 nitrogen and oxygen atoms in total. The molecule has 2 heterocycles. The van der Waals surface area contributed by atoms with Gasteiger partial charge in [0.05, 0.1) is 4.88 Å². The minimum absolute atomic E-state index is 0.776. The number of thiazole rings is 1. The zero-order valence-electron chi connectivity index (χ0n) is 10.3. The first-order chi connectivity index (χ1) is 8.74. The Morgan fingerprint density at radius 3 is 2.94 bits per heavy atom. The van der Waals surface area contributed by atoms with E-state index in [2.05, 4.69) is 16.8 Å². The lowest BCUT2D eigenvalue weighted by atomic mass is 10.2. The van der Waals surface area contributed by atoms with Crippen molar-refractivity contribution in [2.75, 3.05) is 18.0 Å². The van der Waals surface area contributed by atoms with Crippen LogP contribution < -0.4 is 4.90 Å². The van der Waals surface area contributed by atoms with Crippen LogP contribution in [0.3, 0.4) is 0 Å². The summed E-state index contributed by atoms with van der Waals surface area (Å²) >= 11 is 7.95. The molecule has 94 valence electrons. The van der Waals surface area contributed by atoms with Crippen LogP contribution in [0.5, 0.6) is 0 Å². The molecule has 0 aliphatic carbocycles. The van der Waals surface area contributed by atoms with Gasteiger partial charge in [-0.25, -0.2) is 4.98 Å². The fourth-order valence-corrected chi connectivity index (χ4v) is 3.59. The number of halogens is 1. The molecule has 1 aliphatic heterocycles. The Bertz CT molecular complexity index is 552. The molecule has 0 bridgehead atoms. The van der Waals surface area contributed by atoms with Crippen LogP contribution in [0.2, 0.25) is 5.02 Å². The number of hydrogen-bond donors (Lipinski definition) is 0. The van der Waals surface area contributed by atoms with Crippen molar-refractivity contribution in [2.24, 2.45) is 5.92 Å². The van der Waals surface area contributed by atoms with Gasteiger partial charge in [-0.1, -0.05) is 48.1 Å². The quantitative estimate of drug-likeness (QED) is 0.814. The predicted molar refractivity (Wildman–Crippen MR) is 78.6 cm³/mol. The molecule has 1 aromatic heterocycles. The third kappa shape index (κ3) is 2.25. The van der Waals surface area contributed by atoms with Crippen LogP contribution in [0.15, 0.2) is 30.5 Å². The molecule has 3 rings (SSSR count). The maximum Gasteiger partial charge on any atom is 0.185 e. The van der Waals surface area contributed by atoms with Gasteiger partial charge in [-0.15, -0.1) is 0 Å². The van der Waals surface area contributed by atoms with Gasteiger partial charge >= 0.3 is 0 Å². The zero-order valence-corrected chi connectivity index (χ0v) is 11.8. The van der Waals surface area contributed by atoms with E-state index in [0.717, 1.165) is 39.6 Å². The molecule has 2 aromatic rings. The van der Waals surface area contributed by atoms with E-state index in [4.69, 9.17) is 11.6 Å². The summed E-state index contributed by atoms with van der Waals surface area (Å²) in [5, 5.41) is 1.91. The largest absolute Gasteiger partial charge is 0.348 e. The van der Waals surface area contributed by atoms with Crippen LogP contribution in [0.4, 0.5) is 5.13 Å². The van der Waals surface area contributed by atoms with Crippen molar-refractivity contribution >= 4 is 28.1 Å². The van der Waals surface area contributed by atoms with Crippen molar-refractivity contribution in [3.05, 3.63) is 35.5 Å². The van der Waals surface area contributed by atoms with E-state index in [1.54, 1.807) is 11.3 Å². The van der Waals surface area contributed by atoms with E-state index in [-0.39, 0.29) is 0 Å². The normalized spacial score (nSPS) is 19.4. The minimum Gasteiger partial charge on any atom is -0.348 e. The van der Waals surface area contributed by atoms with Crippen LogP contribution >= 0.6 is 22.9 Å². The van der Waals surface area contributed by atoms with E-state index in [1.165, 1.54) is 6.42 Å². The molecule has 1 atom stereocenters. The van der Waals surface area contributed by atoms with Crippen molar-refractivity contribution < 1.29 is 0 Å². The fraction of sp³-hybridized carbons (Fsp3) is 0.357. The molecule has 1 aromatic carbocycles. The Kier molecular flexibility index (Phi) is 3.27. The Hall–Kier alpha value is -1.06. The average molecular weight is 279 g/mol. The molecule has 1 unspecified atom stereocenters. The van der Waals surface area contributed by atoms with Crippen molar-refractivity contribution in [2.45, 2.75) is 13.3 Å². The second kappa shape index (κ2) is 4.90. The average Bonchev–Trinajstić information content (AvgIpc) is 2.98. The number of benzene rings is 1. The molecule has 0 amide bonds. The van der Waals surface area contributed by atoms with E-state index >= 15 is 0 Å². The van der Waals surface area contributed by atoms with Crippen LogP contribution in [-0.2, 0) is 0 Å². The van der Waals surface area contributed by atoms with Gasteiger partial charge in [-0.3, -0.25) is 0 Å². The molecular formula is C14H15ClN2S. The maximum atomic E-state index is 6.22. The summed E-state index contributed by atoms with van der Waals surface area (Å²) in [7, 11) is 0. The predicted octanol–water partition coefficient (Wildman–Crippen LogP) is 4.31. The van der Waals surface area contributed by atoms with E-state index in [0.29, 0.717) is 0 Å². The van der Waals surface area contributed by atoms with Crippen LogP contribution in [0.25, 0.3) is 10.4 Å². The third-order valence-corrected chi connectivity index (χ3v) is 4.75. The highest BCUT2D eigenvalue weighted by Crippen LogP contribution is 2.36. The van der Waals surface area contributed by atoms with Crippen LogP contribution in [0.1, 0.15) is 13.3 Å². The molecular weight excluding hydrogens is 264 g/mol. The monoisotopic (exact) mass is 278 g/mol. The van der Waals surface area contributed by atoms with Gasteiger partial charge in [0.15, 0.2) is 5.13 Å². The van der Waals surface area contributed by atoms with Crippen LogP contribution in [0, 0.1) is 5.92 Å². The third-order valence-electron chi connectivity index (χ3n) is 3.33. The molecule has 4 heteroatoms. The number of rotatable bonds is 2. The van der Waals surface area contributed by atoms with Gasteiger partial charge in [0.25, 0.3) is 0 Å². The number of nitrogens with zero attached hydrogens (tertiary/aromatic N) is 2. The number of hydrogen-bond acceptors (Lipinski definition) is 3. The molecule has 0 radical (unpaired) electrons.